The third kappa shape index (κ3) is 4.23. The molecule has 15 heavy (non-hydrogen) atoms. The molecular weight excluding hydrogens is 208 g/mol. The molecule has 0 amide bonds. The summed E-state index contributed by atoms with van der Waals surface area (Å²) in [6.45, 7) is 2.19. The van der Waals surface area contributed by atoms with Crippen molar-refractivity contribution in [3.05, 3.63) is 34.9 Å². The van der Waals surface area contributed by atoms with Crippen LogP contribution in [0.5, 0.6) is 0 Å². The monoisotopic (exact) mass is 226 g/mol. The molecule has 0 aromatic heterocycles. The number of halogens is 1. The fraction of sp³-hybridized carbons (Fsp3) is 0.538. The predicted molar refractivity (Wildman–Crippen MR) is 65.2 cm³/mol. The van der Waals surface area contributed by atoms with Crippen molar-refractivity contribution >= 4 is 11.6 Å². The minimum Gasteiger partial charge on any atom is -0.388 e. The zero-order valence-corrected chi connectivity index (χ0v) is 10.0. The molecule has 0 radical (unpaired) electrons. The average molecular weight is 227 g/mol. The van der Waals surface area contributed by atoms with Gasteiger partial charge in [-0.2, -0.15) is 0 Å². The van der Waals surface area contributed by atoms with E-state index in [0.29, 0.717) is 5.02 Å². The lowest BCUT2D eigenvalue weighted by atomic mass is 10.0. The maximum atomic E-state index is 9.92. The maximum Gasteiger partial charge on any atom is 0.0804 e. The van der Waals surface area contributed by atoms with Crippen LogP contribution < -0.4 is 0 Å². The minimum absolute atomic E-state index is 0.407. The Labute approximate surface area is 97.1 Å². The van der Waals surface area contributed by atoms with E-state index in [1.165, 1.54) is 19.3 Å². The van der Waals surface area contributed by atoms with E-state index < -0.39 is 6.10 Å². The molecule has 0 saturated heterocycles. The van der Waals surface area contributed by atoms with Crippen LogP contribution in [0.4, 0.5) is 0 Å². The Hall–Kier alpha value is -0.530. The van der Waals surface area contributed by atoms with Crippen molar-refractivity contribution in [1.82, 2.24) is 0 Å². The number of hydrogen-bond donors (Lipinski definition) is 1. The second-order valence-electron chi connectivity index (χ2n) is 3.89. The highest BCUT2D eigenvalue weighted by Gasteiger charge is 2.09. The van der Waals surface area contributed by atoms with Crippen LogP contribution in [0.1, 0.15) is 50.7 Å². The smallest absolute Gasteiger partial charge is 0.0804 e. The van der Waals surface area contributed by atoms with Crippen LogP contribution in [0.3, 0.4) is 0 Å². The molecule has 0 saturated carbocycles. The fourth-order valence-corrected chi connectivity index (χ4v) is 1.93. The Morgan fingerprint density at radius 1 is 1.20 bits per heavy atom. The van der Waals surface area contributed by atoms with Crippen molar-refractivity contribution in [1.29, 1.82) is 0 Å². The highest BCUT2D eigenvalue weighted by atomic mass is 35.5. The largest absolute Gasteiger partial charge is 0.388 e. The lowest BCUT2D eigenvalue weighted by Gasteiger charge is -2.12. The highest BCUT2D eigenvalue weighted by Crippen LogP contribution is 2.26. The standard InChI is InChI=1S/C13H19ClO/c1-2-3-4-5-10-13(15)11-8-6-7-9-12(11)14/h6-9,13,15H,2-5,10H2,1H3. The Bertz CT molecular complexity index is 286. The van der Waals surface area contributed by atoms with Crippen LogP contribution in [0.2, 0.25) is 5.02 Å². The number of aliphatic hydroxyl groups excluding tert-OH is 1. The molecule has 0 bridgehead atoms. The van der Waals surface area contributed by atoms with Gasteiger partial charge in [-0.1, -0.05) is 62.4 Å². The molecule has 0 aliphatic carbocycles. The van der Waals surface area contributed by atoms with Gasteiger partial charge in [0.25, 0.3) is 0 Å². The third-order valence-electron chi connectivity index (χ3n) is 2.60. The summed E-state index contributed by atoms with van der Waals surface area (Å²) in [5.74, 6) is 0. The van der Waals surface area contributed by atoms with Crippen molar-refractivity contribution < 1.29 is 5.11 Å². The van der Waals surface area contributed by atoms with Crippen LogP contribution in [0.25, 0.3) is 0 Å². The summed E-state index contributed by atoms with van der Waals surface area (Å²) in [4.78, 5) is 0. The van der Waals surface area contributed by atoms with Crippen LogP contribution in [-0.2, 0) is 0 Å². The molecule has 1 nitrogen and oxygen atoms in total. The van der Waals surface area contributed by atoms with Crippen LogP contribution in [0, 0.1) is 0 Å². The first-order valence-electron chi connectivity index (χ1n) is 5.68. The van der Waals surface area contributed by atoms with Gasteiger partial charge in [0.2, 0.25) is 0 Å². The topological polar surface area (TPSA) is 20.2 Å². The summed E-state index contributed by atoms with van der Waals surface area (Å²) in [6, 6.07) is 7.52. The van der Waals surface area contributed by atoms with Crippen LogP contribution >= 0.6 is 11.6 Å². The molecule has 1 N–H and O–H groups in total. The van der Waals surface area contributed by atoms with Crippen molar-refractivity contribution in [3.63, 3.8) is 0 Å². The van der Waals surface area contributed by atoms with Gasteiger partial charge in [-0.25, -0.2) is 0 Å². The lowest BCUT2D eigenvalue weighted by molar-refractivity contribution is 0.163. The minimum atomic E-state index is -0.407. The second-order valence-corrected chi connectivity index (χ2v) is 4.29. The summed E-state index contributed by atoms with van der Waals surface area (Å²) in [6.07, 6.45) is 5.13. The van der Waals surface area contributed by atoms with E-state index in [0.717, 1.165) is 18.4 Å². The summed E-state index contributed by atoms with van der Waals surface area (Å²) in [5.41, 5.74) is 0.857. The van der Waals surface area contributed by atoms with E-state index in [4.69, 9.17) is 11.6 Å². The van der Waals surface area contributed by atoms with E-state index in [9.17, 15) is 5.11 Å². The fourth-order valence-electron chi connectivity index (χ4n) is 1.67. The van der Waals surface area contributed by atoms with Gasteiger partial charge in [0.1, 0.15) is 0 Å². The number of rotatable bonds is 6. The molecule has 2 heteroatoms. The van der Waals surface area contributed by atoms with Crippen molar-refractivity contribution in [2.24, 2.45) is 0 Å². The summed E-state index contributed by atoms with van der Waals surface area (Å²) >= 11 is 6.00. The van der Waals surface area contributed by atoms with Crippen molar-refractivity contribution in [2.45, 2.75) is 45.1 Å². The first-order valence-corrected chi connectivity index (χ1v) is 6.06. The molecule has 0 aliphatic heterocycles. The molecule has 0 fully saturated rings. The first-order chi connectivity index (χ1) is 7.25. The van der Waals surface area contributed by atoms with Crippen LogP contribution in [0.15, 0.2) is 24.3 Å². The molecular formula is C13H19ClO. The molecule has 0 heterocycles. The van der Waals surface area contributed by atoms with Crippen molar-refractivity contribution in [2.75, 3.05) is 0 Å². The maximum absolute atomic E-state index is 9.92. The van der Waals surface area contributed by atoms with E-state index in [-0.39, 0.29) is 0 Å². The Morgan fingerprint density at radius 3 is 2.60 bits per heavy atom. The Balaban J connectivity index is 2.40. The number of hydrogen-bond acceptors (Lipinski definition) is 1. The quantitative estimate of drug-likeness (QED) is 0.716. The van der Waals surface area contributed by atoms with E-state index >= 15 is 0 Å². The third-order valence-corrected chi connectivity index (χ3v) is 2.94. The average Bonchev–Trinajstić information content (AvgIpc) is 2.25. The van der Waals surface area contributed by atoms with Gasteiger partial charge >= 0.3 is 0 Å². The van der Waals surface area contributed by atoms with Gasteiger partial charge < -0.3 is 5.11 Å². The van der Waals surface area contributed by atoms with E-state index in [2.05, 4.69) is 6.92 Å². The van der Waals surface area contributed by atoms with Crippen molar-refractivity contribution in [3.8, 4) is 0 Å². The van der Waals surface area contributed by atoms with Gasteiger partial charge in [-0.3, -0.25) is 0 Å². The van der Waals surface area contributed by atoms with E-state index in [1.807, 2.05) is 24.3 Å². The molecule has 84 valence electrons. The highest BCUT2D eigenvalue weighted by molar-refractivity contribution is 6.31. The SMILES string of the molecule is CCCCCCC(O)c1ccccc1Cl. The molecule has 1 unspecified atom stereocenters. The van der Waals surface area contributed by atoms with E-state index in [1.54, 1.807) is 0 Å². The molecule has 0 aliphatic rings. The first kappa shape index (κ1) is 12.5. The lowest BCUT2D eigenvalue weighted by Crippen LogP contribution is -1.98. The zero-order chi connectivity index (χ0) is 11.1. The molecule has 1 aromatic carbocycles. The molecule has 1 aromatic rings. The normalized spacial score (nSPS) is 12.7. The molecule has 1 rings (SSSR count). The Morgan fingerprint density at radius 2 is 1.93 bits per heavy atom. The van der Waals surface area contributed by atoms with Gasteiger partial charge in [0, 0.05) is 5.02 Å². The molecule has 1 atom stereocenters. The summed E-state index contributed by atoms with van der Waals surface area (Å²) in [7, 11) is 0. The van der Waals surface area contributed by atoms with Crippen LogP contribution in [-0.4, -0.2) is 5.11 Å². The summed E-state index contributed by atoms with van der Waals surface area (Å²) < 4.78 is 0. The summed E-state index contributed by atoms with van der Waals surface area (Å²) in [5, 5.41) is 10.6. The number of benzene rings is 1. The number of unbranched alkanes of at least 4 members (excludes halogenated alkanes) is 3. The molecule has 0 spiro atoms. The van der Waals surface area contributed by atoms with Gasteiger partial charge in [-0.15, -0.1) is 0 Å². The van der Waals surface area contributed by atoms with Gasteiger partial charge in [0.05, 0.1) is 6.10 Å². The zero-order valence-electron chi connectivity index (χ0n) is 9.25. The Kier molecular flexibility index (Phi) is 5.74. The predicted octanol–water partition coefficient (Wildman–Crippen LogP) is 4.34. The number of aliphatic hydroxyl groups is 1. The van der Waals surface area contributed by atoms with Gasteiger partial charge in [-0.05, 0) is 18.1 Å². The second kappa shape index (κ2) is 6.86. The van der Waals surface area contributed by atoms with Gasteiger partial charge in [0.15, 0.2) is 0 Å².